The van der Waals surface area contributed by atoms with E-state index >= 15 is 0 Å². The number of hydrogen-bond acceptors (Lipinski definition) is 4. The van der Waals surface area contributed by atoms with Gasteiger partial charge in [0.15, 0.2) is 0 Å². The number of benzene rings is 3. The summed E-state index contributed by atoms with van der Waals surface area (Å²) in [6.45, 7) is 15.0. The molecule has 5 rings (SSSR count). The Kier molecular flexibility index (Phi) is 8.62. The van der Waals surface area contributed by atoms with Crippen LogP contribution >= 0.6 is 0 Å². The minimum atomic E-state index is 0.512. The Labute approximate surface area is 235 Å². The van der Waals surface area contributed by atoms with Crippen molar-refractivity contribution in [2.24, 2.45) is 5.92 Å². The van der Waals surface area contributed by atoms with E-state index in [1.807, 2.05) is 0 Å². The second-order valence-electron chi connectivity index (χ2n) is 11.6. The van der Waals surface area contributed by atoms with Crippen molar-refractivity contribution in [1.29, 1.82) is 0 Å². The zero-order valence-electron chi connectivity index (χ0n) is 24.4. The van der Waals surface area contributed by atoms with Crippen LogP contribution in [0.3, 0.4) is 0 Å². The Morgan fingerprint density at radius 2 is 1.67 bits per heavy atom. The van der Waals surface area contributed by atoms with E-state index in [4.69, 9.17) is 9.47 Å². The van der Waals surface area contributed by atoms with Crippen molar-refractivity contribution in [2.45, 2.75) is 53.6 Å². The summed E-state index contributed by atoms with van der Waals surface area (Å²) in [5, 5.41) is 0. The van der Waals surface area contributed by atoms with Crippen LogP contribution in [0.5, 0.6) is 11.5 Å². The van der Waals surface area contributed by atoms with E-state index in [0.29, 0.717) is 12.5 Å². The lowest BCUT2D eigenvalue weighted by molar-refractivity contribution is 0.276. The minimum Gasteiger partial charge on any atom is -0.496 e. The molecule has 3 aromatic rings. The van der Waals surface area contributed by atoms with Crippen molar-refractivity contribution in [3.8, 4) is 11.5 Å². The molecule has 0 amide bonds. The van der Waals surface area contributed by atoms with Crippen LogP contribution in [0.15, 0.2) is 66.2 Å². The number of methoxy groups -OCH3 is 1. The van der Waals surface area contributed by atoms with Gasteiger partial charge in [-0.3, -0.25) is 4.90 Å². The lowest BCUT2D eigenvalue weighted by Gasteiger charge is -2.38. The fourth-order valence-electron chi connectivity index (χ4n) is 6.10. The van der Waals surface area contributed by atoms with E-state index in [-0.39, 0.29) is 0 Å². The Morgan fingerprint density at radius 3 is 2.41 bits per heavy atom. The first kappa shape index (κ1) is 27.3. The van der Waals surface area contributed by atoms with Crippen LogP contribution in [0.4, 0.5) is 5.69 Å². The predicted molar refractivity (Wildman–Crippen MR) is 163 cm³/mol. The molecule has 1 aliphatic carbocycles. The number of piperazine rings is 1. The summed E-state index contributed by atoms with van der Waals surface area (Å²) in [7, 11) is 1.74. The van der Waals surface area contributed by atoms with Gasteiger partial charge in [-0.25, -0.2) is 0 Å². The molecule has 39 heavy (non-hydrogen) atoms. The predicted octanol–water partition coefficient (Wildman–Crippen LogP) is 7.32. The third-order valence-corrected chi connectivity index (χ3v) is 8.34. The highest BCUT2D eigenvalue weighted by atomic mass is 16.5. The molecule has 1 aliphatic heterocycles. The molecule has 0 atom stereocenters. The first-order chi connectivity index (χ1) is 18.9. The van der Waals surface area contributed by atoms with E-state index in [1.54, 1.807) is 12.7 Å². The number of aryl methyl sites for hydroxylation is 2. The molecule has 4 heteroatoms. The summed E-state index contributed by atoms with van der Waals surface area (Å²) in [6.07, 6.45) is 3.27. The molecule has 0 saturated carbocycles. The number of nitrogens with zero attached hydrogens (tertiary/aromatic N) is 2. The molecule has 0 spiro atoms. The average molecular weight is 525 g/mol. The summed E-state index contributed by atoms with van der Waals surface area (Å²) in [6, 6.07) is 21.9. The Hall–Kier alpha value is -3.24. The van der Waals surface area contributed by atoms with Crippen LogP contribution in [0.1, 0.15) is 55.0 Å². The summed E-state index contributed by atoms with van der Waals surface area (Å²) in [4.78, 5) is 5.18. The molecule has 4 nitrogen and oxygen atoms in total. The highest BCUT2D eigenvalue weighted by molar-refractivity contribution is 5.72. The van der Waals surface area contributed by atoms with Gasteiger partial charge in [-0.05, 0) is 91.1 Å². The first-order valence-electron chi connectivity index (χ1n) is 14.5. The molecule has 0 unspecified atom stereocenters. The smallest absolute Gasteiger partial charge is 0.125 e. The zero-order chi connectivity index (χ0) is 27.4. The van der Waals surface area contributed by atoms with Gasteiger partial charge in [-0.15, -0.1) is 0 Å². The van der Waals surface area contributed by atoms with E-state index in [2.05, 4.69) is 98.2 Å². The third-order valence-electron chi connectivity index (χ3n) is 8.34. The molecular formula is C35H44N2O2. The number of anilines is 1. The topological polar surface area (TPSA) is 24.9 Å². The zero-order valence-corrected chi connectivity index (χ0v) is 24.4. The summed E-state index contributed by atoms with van der Waals surface area (Å²) >= 11 is 0. The monoisotopic (exact) mass is 524 g/mol. The Bertz CT molecular complexity index is 1320. The van der Waals surface area contributed by atoms with Crippen molar-refractivity contribution in [3.05, 3.63) is 94.1 Å². The standard InChI is InChI=1S/C35H44N2O2/c1-25(2)20-28-10-11-31(35(21-28)38-5)24-39-32-14-15-33-27(4)30(13-12-29(33)22-32)23-36-16-18-37(19-17-36)34-9-7-6-8-26(34)3/h6-11,14-15,21-22,25H,12-13,16-20,23-24H2,1-5H3. The quantitative estimate of drug-likeness (QED) is 0.293. The molecule has 1 fully saturated rings. The number of hydrogen-bond donors (Lipinski definition) is 0. The van der Waals surface area contributed by atoms with Crippen LogP contribution in [-0.4, -0.2) is 44.7 Å². The van der Waals surface area contributed by atoms with Crippen molar-refractivity contribution < 1.29 is 9.47 Å². The van der Waals surface area contributed by atoms with Gasteiger partial charge in [-0.2, -0.15) is 0 Å². The van der Waals surface area contributed by atoms with E-state index < -0.39 is 0 Å². The molecule has 2 aliphatic rings. The van der Waals surface area contributed by atoms with Crippen molar-refractivity contribution >= 4 is 11.3 Å². The summed E-state index contributed by atoms with van der Waals surface area (Å²) in [5.41, 5.74) is 11.0. The van der Waals surface area contributed by atoms with E-state index in [9.17, 15) is 0 Å². The Morgan fingerprint density at radius 1 is 0.872 bits per heavy atom. The van der Waals surface area contributed by atoms with Crippen LogP contribution in [0, 0.1) is 12.8 Å². The SMILES string of the molecule is COc1cc(CC(C)C)ccc1COc1ccc2c(c1)CCC(CN1CCN(c3ccccc3C)CC1)=C2C. The normalized spacial score (nSPS) is 16.0. The molecule has 0 N–H and O–H groups in total. The first-order valence-corrected chi connectivity index (χ1v) is 14.5. The van der Waals surface area contributed by atoms with Crippen LogP contribution < -0.4 is 14.4 Å². The number of rotatable bonds is 9. The molecule has 0 bridgehead atoms. The number of ether oxygens (including phenoxy) is 2. The van der Waals surface area contributed by atoms with Crippen molar-refractivity contribution in [1.82, 2.24) is 4.90 Å². The molecule has 3 aromatic carbocycles. The van der Waals surface area contributed by atoms with Gasteiger partial charge in [0.25, 0.3) is 0 Å². The summed E-state index contributed by atoms with van der Waals surface area (Å²) in [5.74, 6) is 2.47. The van der Waals surface area contributed by atoms with Gasteiger partial charge in [0.2, 0.25) is 0 Å². The van der Waals surface area contributed by atoms with E-state index in [1.165, 1.54) is 33.5 Å². The lowest BCUT2D eigenvalue weighted by atomic mass is 9.86. The Balaban J connectivity index is 1.20. The van der Waals surface area contributed by atoms with Gasteiger partial charge in [0.1, 0.15) is 18.1 Å². The molecular weight excluding hydrogens is 480 g/mol. The fraction of sp³-hybridized carbons (Fsp3) is 0.429. The van der Waals surface area contributed by atoms with Gasteiger partial charge >= 0.3 is 0 Å². The lowest BCUT2D eigenvalue weighted by Crippen LogP contribution is -2.47. The van der Waals surface area contributed by atoms with Gasteiger partial charge in [-0.1, -0.05) is 55.8 Å². The number of fused-ring (bicyclic) bond motifs is 1. The fourth-order valence-corrected chi connectivity index (χ4v) is 6.10. The van der Waals surface area contributed by atoms with Crippen LogP contribution in [-0.2, 0) is 19.4 Å². The van der Waals surface area contributed by atoms with Crippen molar-refractivity contribution in [3.63, 3.8) is 0 Å². The number of para-hydroxylation sites is 1. The van der Waals surface area contributed by atoms with Gasteiger partial charge in [0.05, 0.1) is 7.11 Å². The highest BCUT2D eigenvalue weighted by Crippen LogP contribution is 2.34. The second-order valence-corrected chi connectivity index (χ2v) is 11.6. The molecule has 1 heterocycles. The van der Waals surface area contributed by atoms with E-state index in [0.717, 1.165) is 69.0 Å². The van der Waals surface area contributed by atoms with Crippen LogP contribution in [0.25, 0.3) is 5.57 Å². The molecule has 1 saturated heterocycles. The molecule has 0 aromatic heterocycles. The molecule has 0 radical (unpaired) electrons. The maximum atomic E-state index is 6.25. The maximum absolute atomic E-state index is 6.25. The van der Waals surface area contributed by atoms with Gasteiger partial charge < -0.3 is 14.4 Å². The molecule has 206 valence electrons. The largest absolute Gasteiger partial charge is 0.496 e. The van der Waals surface area contributed by atoms with Gasteiger partial charge in [0, 0.05) is 44.0 Å². The second kappa shape index (κ2) is 12.3. The third kappa shape index (κ3) is 6.50. The highest BCUT2D eigenvalue weighted by Gasteiger charge is 2.22. The minimum absolute atomic E-state index is 0.512. The summed E-state index contributed by atoms with van der Waals surface area (Å²) < 4.78 is 11.9. The number of allylic oxidation sites excluding steroid dienone is 1. The average Bonchev–Trinajstić information content (AvgIpc) is 2.94. The van der Waals surface area contributed by atoms with Crippen LogP contribution in [0.2, 0.25) is 0 Å². The maximum Gasteiger partial charge on any atom is 0.125 e. The van der Waals surface area contributed by atoms with Crippen molar-refractivity contribution in [2.75, 3.05) is 44.7 Å².